The molecule has 4 N–H and O–H groups in total. The fourth-order valence-electron chi connectivity index (χ4n) is 1.84. The molecule has 1 saturated carbocycles. The van der Waals surface area contributed by atoms with Crippen LogP contribution >= 0.6 is 0 Å². The van der Waals surface area contributed by atoms with Crippen molar-refractivity contribution < 1.29 is 10.0 Å². The number of nitrogens with one attached hydrogen (secondary N) is 1. The molecule has 1 aliphatic rings. The third-order valence-corrected chi connectivity index (χ3v) is 2.97. The van der Waals surface area contributed by atoms with Gasteiger partial charge in [0.15, 0.2) is 5.84 Å². The van der Waals surface area contributed by atoms with Crippen molar-refractivity contribution in [2.45, 2.75) is 25.8 Å². The maximum absolute atomic E-state index is 12.0. The van der Waals surface area contributed by atoms with Gasteiger partial charge in [-0.25, -0.2) is 0 Å². The van der Waals surface area contributed by atoms with Gasteiger partial charge in [0.1, 0.15) is 0 Å². The van der Waals surface area contributed by atoms with Crippen LogP contribution in [0.3, 0.4) is 0 Å². The van der Waals surface area contributed by atoms with Crippen LogP contribution in [0.25, 0.3) is 0 Å². The number of amides is 1. The minimum atomic E-state index is -0.393. The molecule has 0 radical (unpaired) electrons. The van der Waals surface area contributed by atoms with E-state index in [9.17, 15) is 4.79 Å². The van der Waals surface area contributed by atoms with Gasteiger partial charge >= 0.3 is 0 Å². The van der Waals surface area contributed by atoms with Crippen LogP contribution in [0.5, 0.6) is 0 Å². The number of aromatic nitrogens is 1. The molecule has 0 aliphatic heterocycles. The largest absolute Gasteiger partial charge is 0.409 e. The fourth-order valence-corrected chi connectivity index (χ4v) is 1.84. The van der Waals surface area contributed by atoms with Crippen LogP contribution in [0.4, 0.5) is 0 Å². The molecule has 6 nitrogen and oxygen atoms in total. The van der Waals surface area contributed by atoms with Gasteiger partial charge in [0.05, 0.1) is 6.04 Å². The molecule has 0 bridgehead atoms. The van der Waals surface area contributed by atoms with Crippen LogP contribution < -0.4 is 11.1 Å². The quantitative estimate of drug-likeness (QED) is 0.315. The van der Waals surface area contributed by atoms with Gasteiger partial charge in [-0.3, -0.25) is 9.78 Å². The van der Waals surface area contributed by atoms with Gasteiger partial charge in [0, 0.05) is 17.5 Å². The predicted molar refractivity (Wildman–Crippen MR) is 66.4 cm³/mol. The fraction of sp³-hybridized carbons (Fsp3) is 0.417. The number of amidine groups is 1. The van der Waals surface area contributed by atoms with E-state index >= 15 is 0 Å². The Morgan fingerprint density at radius 1 is 1.67 bits per heavy atom. The number of oxime groups is 1. The van der Waals surface area contributed by atoms with Gasteiger partial charge in [-0.1, -0.05) is 5.16 Å². The van der Waals surface area contributed by atoms with Crippen molar-refractivity contribution in [3.05, 3.63) is 29.6 Å². The summed E-state index contributed by atoms with van der Waals surface area (Å²) < 4.78 is 0. The molecule has 0 spiro atoms. The van der Waals surface area contributed by atoms with E-state index in [4.69, 9.17) is 10.9 Å². The Balaban J connectivity index is 2.10. The highest BCUT2D eigenvalue weighted by atomic mass is 16.4. The lowest BCUT2D eigenvalue weighted by Gasteiger charge is -2.16. The molecule has 1 heterocycles. The number of nitrogens with two attached hydrogens (primary N) is 1. The van der Waals surface area contributed by atoms with Gasteiger partial charge in [-0.2, -0.15) is 0 Å². The molecular weight excluding hydrogens is 232 g/mol. The highest BCUT2D eigenvalue weighted by Gasteiger charge is 2.35. The number of carbonyl (C=O) groups excluding carboxylic acids is 1. The summed E-state index contributed by atoms with van der Waals surface area (Å²) in [5.41, 5.74) is 6.89. The molecule has 1 fully saturated rings. The first-order chi connectivity index (χ1) is 8.61. The Kier molecular flexibility index (Phi) is 3.45. The van der Waals surface area contributed by atoms with Crippen molar-refractivity contribution >= 4 is 11.7 Å². The summed E-state index contributed by atoms with van der Waals surface area (Å²) in [5, 5.41) is 14.5. The topological polar surface area (TPSA) is 101 Å². The zero-order valence-electron chi connectivity index (χ0n) is 10.1. The van der Waals surface area contributed by atoms with E-state index in [2.05, 4.69) is 15.5 Å². The van der Waals surface area contributed by atoms with Crippen LogP contribution in [-0.4, -0.2) is 28.0 Å². The van der Waals surface area contributed by atoms with Gasteiger partial charge in [-0.15, -0.1) is 0 Å². The average Bonchev–Trinajstić information content (AvgIpc) is 3.19. The van der Waals surface area contributed by atoms with Gasteiger partial charge < -0.3 is 16.3 Å². The van der Waals surface area contributed by atoms with Crippen molar-refractivity contribution in [3.63, 3.8) is 0 Å². The lowest BCUT2D eigenvalue weighted by Crippen LogP contribution is -2.46. The van der Waals surface area contributed by atoms with Crippen molar-refractivity contribution in [2.75, 3.05) is 0 Å². The highest BCUT2D eigenvalue weighted by Crippen LogP contribution is 2.32. The zero-order valence-corrected chi connectivity index (χ0v) is 10.1. The van der Waals surface area contributed by atoms with Crippen LogP contribution in [0.1, 0.15) is 28.9 Å². The van der Waals surface area contributed by atoms with Crippen molar-refractivity contribution in [1.82, 2.24) is 10.3 Å². The molecule has 18 heavy (non-hydrogen) atoms. The molecule has 2 rings (SSSR count). The van der Waals surface area contributed by atoms with E-state index in [0.29, 0.717) is 5.56 Å². The molecule has 1 aliphatic carbocycles. The number of rotatable bonds is 4. The smallest absolute Gasteiger partial charge is 0.252 e. The molecule has 0 saturated heterocycles. The molecule has 1 aromatic heterocycles. The lowest BCUT2D eigenvalue weighted by atomic mass is 10.1. The normalized spacial score (nSPS) is 17.3. The molecular formula is C12H16N4O2. The van der Waals surface area contributed by atoms with E-state index in [1.165, 1.54) is 0 Å². The van der Waals surface area contributed by atoms with Crippen LogP contribution in [0.15, 0.2) is 23.5 Å². The standard InChI is InChI=1S/C12H16N4O2/c1-7-6-9(4-5-14-7)12(17)15-10(8-2-3-8)11(13)16-18/h4-6,8,10,18H,2-3H2,1H3,(H2,13,16)(H,15,17). The van der Waals surface area contributed by atoms with Gasteiger partial charge in [-0.05, 0) is 37.8 Å². The minimum Gasteiger partial charge on any atom is -0.409 e. The minimum absolute atomic E-state index is 0.0524. The maximum Gasteiger partial charge on any atom is 0.252 e. The van der Waals surface area contributed by atoms with E-state index in [1.807, 2.05) is 6.92 Å². The monoisotopic (exact) mass is 248 g/mol. The van der Waals surface area contributed by atoms with E-state index in [0.717, 1.165) is 18.5 Å². The molecule has 1 unspecified atom stereocenters. The highest BCUT2D eigenvalue weighted by molar-refractivity contribution is 5.98. The number of nitrogens with zero attached hydrogens (tertiary/aromatic N) is 2. The van der Waals surface area contributed by atoms with Crippen molar-refractivity contribution in [2.24, 2.45) is 16.8 Å². The molecule has 6 heteroatoms. The summed E-state index contributed by atoms with van der Waals surface area (Å²) in [4.78, 5) is 16.1. The number of carbonyl (C=O) groups is 1. The Labute approximate surface area is 105 Å². The molecule has 1 aromatic rings. The van der Waals surface area contributed by atoms with Crippen LogP contribution in [-0.2, 0) is 0 Å². The maximum atomic E-state index is 12.0. The molecule has 1 amide bonds. The van der Waals surface area contributed by atoms with Crippen molar-refractivity contribution in [1.29, 1.82) is 0 Å². The second-order valence-corrected chi connectivity index (χ2v) is 4.50. The number of hydrogen-bond donors (Lipinski definition) is 3. The molecule has 1 atom stereocenters. The van der Waals surface area contributed by atoms with Crippen LogP contribution in [0, 0.1) is 12.8 Å². The Bertz CT molecular complexity index is 483. The second-order valence-electron chi connectivity index (χ2n) is 4.50. The summed E-state index contributed by atoms with van der Waals surface area (Å²) in [6.45, 7) is 1.82. The number of hydrogen-bond acceptors (Lipinski definition) is 4. The average molecular weight is 248 g/mol. The first-order valence-corrected chi connectivity index (χ1v) is 5.82. The SMILES string of the molecule is Cc1cc(C(=O)NC(/C(N)=N/O)C2CC2)ccn1. The summed E-state index contributed by atoms with van der Waals surface area (Å²) in [5.74, 6) is 0.0911. The third-order valence-electron chi connectivity index (χ3n) is 2.97. The first kappa shape index (κ1) is 12.3. The van der Waals surface area contributed by atoms with E-state index in [1.54, 1.807) is 18.3 Å². The summed E-state index contributed by atoms with van der Waals surface area (Å²) in [6, 6.07) is 2.94. The van der Waals surface area contributed by atoms with E-state index < -0.39 is 6.04 Å². The summed E-state index contributed by atoms with van der Waals surface area (Å²) >= 11 is 0. The third kappa shape index (κ3) is 2.77. The van der Waals surface area contributed by atoms with Gasteiger partial charge in [0.2, 0.25) is 0 Å². The number of aryl methyl sites for hydroxylation is 1. The molecule has 0 aromatic carbocycles. The Morgan fingerprint density at radius 3 is 2.94 bits per heavy atom. The number of pyridine rings is 1. The van der Waals surface area contributed by atoms with E-state index in [-0.39, 0.29) is 17.7 Å². The Hall–Kier alpha value is -2.11. The van der Waals surface area contributed by atoms with Crippen LogP contribution in [0.2, 0.25) is 0 Å². The summed E-state index contributed by atoms with van der Waals surface area (Å²) in [7, 11) is 0. The zero-order chi connectivity index (χ0) is 13.1. The van der Waals surface area contributed by atoms with Gasteiger partial charge in [0.25, 0.3) is 5.91 Å². The molecule has 96 valence electrons. The summed E-state index contributed by atoms with van der Waals surface area (Å²) in [6.07, 6.45) is 3.55. The predicted octanol–water partition coefficient (Wildman–Crippen LogP) is 0.645. The lowest BCUT2D eigenvalue weighted by molar-refractivity contribution is 0.0942. The Morgan fingerprint density at radius 2 is 2.39 bits per heavy atom. The first-order valence-electron chi connectivity index (χ1n) is 5.82. The van der Waals surface area contributed by atoms with Crippen molar-refractivity contribution in [3.8, 4) is 0 Å². The second kappa shape index (κ2) is 5.03.